The molecule has 128 valence electrons. The third-order valence-electron chi connectivity index (χ3n) is 3.42. The van der Waals surface area contributed by atoms with E-state index in [0.29, 0.717) is 29.4 Å². The van der Waals surface area contributed by atoms with Crippen molar-refractivity contribution in [2.75, 3.05) is 12.3 Å². The zero-order valence-corrected chi connectivity index (χ0v) is 16.1. The molecule has 6 heteroatoms. The summed E-state index contributed by atoms with van der Waals surface area (Å²) in [6.07, 6.45) is 1.02. The molecule has 1 amide bonds. The van der Waals surface area contributed by atoms with Crippen molar-refractivity contribution in [3.05, 3.63) is 68.7 Å². The van der Waals surface area contributed by atoms with Gasteiger partial charge in [0.2, 0.25) is 5.91 Å². The number of aryl methyl sites for hydroxylation is 1. The molecule has 0 saturated heterocycles. The van der Waals surface area contributed by atoms with Crippen molar-refractivity contribution in [2.45, 2.75) is 18.6 Å². The monoisotopic (exact) mass is 401 g/mol. The van der Waals surface area contributed by atoms with Gasteiger partial charge in [0, 0.05) is 39.5 Å². The van der Waals surface area contributed by atoms with Crippen molar-refractivity contribution in [1.29, 1.82) is 0 Å². The van der Waals surface area contributed by atoms with Crippen molar-refractivity contribution in [1.82, 2.24) is 5.32 Å². The minimum absolute atomic E-state index is 0.0272. The molecular formula is C18H18Cl3NOS. The number of amides is 1. The Morgan fingerprint density at radius 2 is 1.79 bits per heavy atom. The Hall–Kier alpha value is -0.870. The summed E-state index contributed by atoms with van der Waals surface area (Å²) in [6.45, 7) is 0.641. The number of rotatable bonds is 8. The summed E-state index contributed by atoms with van der Waals surface area (Å²) in [6, 6.07) is 13.1. The first-order valence-electron chi connectivity index (χ1n) is 7.58. The van der Waals surface area contributed by atoms with E-state index in [1.165, 1.54) is 0 Å². The van der Waals surface area contributed by atoms with E-state index in [2.05, 4.69) is 5.32 Å². The van der Waals surface area contributed by atoms with Gasteiger partial charge in [0.05, 0.1) is 0 Å². The topological polar surface area (TPSA) is 29.1 Å². The van der Waals surface area contributed by atoms with E-state index in [-0.39, 0.29) is 5.91 Å². The highest BCUT2D eigenvalue weighted by Crippen LogP contribution is 2.22. The first kappa shape index (κ1) is 19.5. The van der Waals surface area contributed by atoms with E-state index in [9.17, 15) is 4.79 Å². The fraction of sp³-hybridized carbons (Fsp3) is 0.278. The molecule has 2 nitrogen and oxygen atoms in total. The molecule has 1 N–H and O–H groups in total. The molecule has 2 aromatic rings. The number of hydrogen-bond acceptors (Lipinski definition) is 2. The van der Waals surface area contributed by atoms with Crippen molar-refractivity contribution in [2.24, 2.45) is 0 Å². The molecule has 0 spiro atoms. The van der Waals surface area contributed by atoms with Crippen LogP contribution in [0.4, 0.5) is 0 Å². The van der Waals surface area contributed by atoms with Crippen molar-refractivity contribution < 1.29 is 4.79 Å². The van der Waals surface area contributed by atoms with Gasteiger partial charge in [-0.05, 0) is 35.7 Å². The van der Waals surface area contributed by atoms with E-state index < -0.39 is 0 Å². The Bertz CT molecular complexity index is 694. The van der Waals surface area contributed by atoms with E-state index >= 15 is 0 Å². The third-order valence-corrected chi connectivity index (χ3v) is 5.38. The molecule has 0 atom stereocenters. The largest absolute Gasteiger partial charge is 0.355 e. The quantitative estimate of drug-likeness (QED) is 0.580. The molecule has 0 aliphatic rings. The van der Waals surface area contributed by atoms with E-state index in [1.807, 2.05) is 30.3 Å². The van der Waals surface area contributed by atoms with E-state index in [1.54, 1.807) is 23.9 Å². The summed E-state index contributed by atoms with van der Waals surface area (Å²) >= 11 is 19.8. The summed E-state index contributed by atoms with van der Waals surface area (Å²) in [5, 5.41) is 4.91. The number of hydrogen-bond donors (Lipinski definition) is 1. The first-order valence-corrected chi connectivity index (χ1v) is 9.87. The molecule has 2 aromatic carbocycles. The first-order chi connectivity index (χ1) is 11.6. The molecule has 0 fully saturated rings. The molecule has 0 aliphatic carbocycles. The fourth-order valence-corrected chi connectivity index (χ4v) is 3.77. The highest BCUT2D eigenvalue weighted by Gasteiger charge is 2.06. The van der Waals surface area contributed by atoms with Crippen LogP contribution in [-0.4, -0.2) is 18.2 Å². The van der Waals surface area contributed by atoms with Crippen molar-refractivity contribution in [3.8, 4) is 0 Å². The number of thioether (sulfide) groups is 1. The lowest BCUT2D eigenvalue weighted by molar-refractivity contribution is -0.120. The maximum absolute atomic E-state index is 11.9. The molecule has 0 unspecified atom stereocenters. The minimum atomic E-state index is 0.0272. The number of halogens is 3. The summed E-state index contributed by atoms with van der Waals surface area (Å²) in [7, 11) is 0. The van der Waals surface area contributed by atoms with Crippen LogP contribution in [0.3, 0.4) is 0 Å². The van der Waals surface area contributed by atoms with Crippen LogP contribution in [0.15, 0.2) is 42.5 Å². The Morgan fingerprint density at radius 3 is 2.54 bits per heavy atom. The zero-order chi connectivity index (χ0) is 17.4. The standard InChI is InChI=1S/C18H18Cl3NOS/c19-15-7-5-13(17(21)11-15)6-8-18(23)22-9-10-24-12-14-3-1-2-4-16(14)20/h1-5,7,11H,6,8-10,12H2,(H,22,23). The molecule has 0 saturated carbocycles. The maximum atomic E-state index is 11.9. The van der Waals surface area contributed by atoms with Crippen LogP contribution in [0, 0.1) is 0 Å². The normalized spacial score (nSPS) is 10.6. The molecule has 0 bridgehead atoms. The summed E-state index contributed by atoms with van der Waals surface area (Å²) in [4.78, 5) is 11.9. The van der Waals surface area contributed by atoms with Gasteiger partial charge in [0.15, 0.2) is 0 Å². The summed E-state index contributed by atoms with van der Waals surface area (Å²) in [5.41, 5.74) is 2.05. The van der Waals surface area contributed by atoms with Gasteiger partial charge in [-0.15, -0.1) is 0 Å². The van der Waals surface area contributed by atoms with Crippen molar-refractivity contribution in [3.63, 3.8) is 0 Å². The lowest BCUT2D eigenvalue weighted by Gasteiger charge is -2.07. The van der Waals surface area contributed by atoms with Gasteiger partial charge in [0.1, 0.15) is 0 Å². The molecule has 0 heterocycles. The van der Waals surface area contributed by atoms with Gasteiger partial charge in [-0.1, -0.05) is 59.1 Å². The van der Waals surface area contributed by atoms with Gasteiger partial charge in [-0.2, -0.15) is 11.8 Å². The second-order valence-electron chi connectivity index (χ2n) is 5.23. The SMILES string of the molecule is O=C(CCc1ccc(Cl)cc1Cl)NCCSCc1ccccc1Cl. The molecule has 0 aliphatic heterocycles. The Labute approximate surface area is 161 Å². The second kappa shape index (κ2) is 10.2. The highest BCUT2D eigenvalue weighted by atomic mass is 35.5. The highest BCUT2D eigenvalue weighted by molar-refractivity contribution is 7.98. The Balaban J connectivity index is 1.62. The Morgan fingerprint density at radius 1 is 1.00 bits per heavy atom. The van der Waals surface area contributed by atoms with Crippen LogP contribution < -0.4 is 5.32 Å². The van der Waals surface area contributed by atoms with Crippen molar-refractivity contribution >= 4 is 52.5 Å². The maximum Gasteiger partial charge on any atom is 0.220 e. The minimum Gasteiger partial charge on any atom is -0.355 e. The van der Waals surface area contributed by atoms with Crippen LogP contribution in [0.2, 0.25) is 15.1 Å². The lowest BCUT2D eigenvalue weighted by atomic mass is 10.1. The smallest absolute Gasteiger partial charge is 0.220 e. The molecule has 2 rings (SSSR count). The lowest BCUT2D eigenvalue weighted by Crippen LogP contribution is -2.25. The third kappa shape index (κ3) is 6.56. The second-order valence-corrected chi connectivity index (χ2v) is 7.59. The van der Waals surface area contributed by atoms with Gasteiger partial charge < -0.3 is 5.32 Å². The van der Waals surface area contributed by atoms with E-state index in [4.69, 9.17) is 34.8 Å². The average molecular weight is 403 g/mol. The van der Waals surface area contributed by atoms with Crippen LogP contribution in [0.5, 0.6) is 0 Å². The van der Waals surface area contributed by atoms with E-state index in [0.717, 1.165) is 27.7 Å². The van der Waals surface area contributed by atoms with Gasteiger partial charge >= 0.3 is 0 Å². The zero-order valence-electron chi connectivity index (χ0n) is 13.0. The number of benzene rings is 2. The molecule has 24 heavy (non-hydrogen) atoms. The van der Waals surface area contributed by atoms with Crippen LogP contribution in [0.25, 0.3) is 0 Å². The molecular weight excluding hydrogens is 385 g/mol. The summed E-state index contributed by atoms with van der Waals surface area (Å²) < 4.78 is 0. The summed E-state index contributed by atoms with van der Waals surface area (Å²) in [5.74, 6) is 1.72. The van der Waals surface area contributed by atoms with Gasteiger partial charge in [0.25, 0.3) is 0 Å². The Kier molecular flexibility index (Phi) is 8.26. The van der Waals surface area contributed by atoms with Gasteiger partial charge in [-0.25, -0.2) is 0 Å². The molecule has 0 radical (unpaired) electrons. The fourth-order valence-electron chi connectivity index (χ4n) is 2.12. The van der Waals surface area contributed by atoms with Crippen LogP contribution >= 0.6 is 46.6 Å². The predicted octanol–water partition coefficient (Wildman–Crippen LogP) is 5.63. The predicted molar refractivity (Wildman–Crippen MR) is 105 cm³/mol. The number of nitrogens with one attached hydrogen (secondary N) is 1. The average Bonchev–Trinajstić information content (AvgIpc) is 2.55. The molecule has 0 aromatic heterocycles. The van der Waals surface area contributed by atoms with Crippen LogP contribution in [0.1, 0.15) is 17.5 Å². The number of carbonyl (C=O) groups excluding carboxylic acids is 1. The van der Waals surface area contributed by atoms with Gasteiger partial charge in [-0.3, -0.25) is 4.79 Å². The van der Waals surface area contributed by atoms with Crippen LogP contribution in [-0.2, 0) is 17.0 Å². The number of carbonyl (C=O) groups is 1.